The van der Waals surface area contributed by atoms with Gasteiger partial charge < -0.3 is 19.9 Å². The van der Waals surface area contributed by atoms with Crippen molar-refractivity contribution in [3.63, 3.8) is 0 Å². The van der Waals surface area contributed by atoms with Crippen LogP contribution < -0.4 is 5.32 Å². The van der Waals surface area contributed by atoms with Crippen LogP contribution >= 0.6 is 0 Å². The number of carbonyl (C=O) groups is 1. The zero-order valence-electron chi connectivity index (χ0n) is 10.9. The van der Waals surface area contributed by atoms with Crippen molar-refractivity contribution < 1.29 is 19.4 Å². The molecule has 0 radical (unpaired) electrons. The van der Waals surface area contributed by atoms with Gasteiger partial charge in [-0.25, -0.2) is 4.79 Å². The van der Waals surface area contributed by atoms with Crippen LogP contribution in [-0.4, -0.2) is 43.7 Å². The van der Waals surface area contributed by atoms with Crippen molar-refractivity contribution in [2.75, 3.05) is 20.3 Å². The Morgan fingerprint density at radius 3 is 2.83 bits per heavy atom. The molecule has 0 aromatic carbocycles. The van der Waals surface area contributed by atoms with Crippen molar-refractivity contribution >= 4 is 5.97 Å². The first-order valence-electron chi connectivity index (χ1n) is 6.51. The summed E-state index contributed by atoms with van der Waals surface area (Å²) in [6.45, 7) is 1.14. The van der Waals surface area contributed by atoms with E-state index in [1.165, 1.54) is 45.3 Å². The third-order valence-corrected chi connectivity index (χ3v) is 3.03. The number of carbonyl (C=O) groups excluding carboxylic acids is 1. The van der Waals surface area contributed by atoms with Crippen molar-refractivity contribution in [3.05, 3.63) is 12.2 Å². The molecule has 1 atom stereocenters. The van der Waals surface area contributed by atoms with Crippen LogP contribution in [0.3, 0.4) is 0 Å². The Morgan fingerprint density at radius 2 is 2.17 bits per heavy atom. The highest BCUT2D eigenvalue weighted by atomic mass is 16.6. The van der Waals surface area contributed by atoms with Gasteiger partial charge in [0.2, 0.25) is 0 Å². The quantitative estimate of drug-likeness (QED) is 0.308. The van der Waals surface area contributed by atoms with Gasteiger partial charge in [-0.2, -0.15) is 0 Å². The summed E-state index contributed by atoms with van der Waals surface area (Å²) in [5.74, 6) is -0.502. The van der Waals surface area contributed by atoms with E-state index >= 15 is 0 Å². The predicted octanol–water partition coefficient (Wildman–Crippen LogP) is 0.973. The molecule has 0 amide bonds. The van der Waals surface area contributed by atoms with Gasteiger partial charge >= 0.3 is 5.97 Å². The van der Waals surface area contributed by atoms with Gasteiger partial charge in [0.25, 0.3) is 0 Å². The van der Waals surface area contributed by atoms with Gasteiger partial charge in [0.05, 0.1) is 13.7 Å². The Hall–Kier alpha value is -0.910. The van der Waals surface area contributed by atoms with Gasteiger partial charge in [0.1, 0.15) is 0 Å². The molecule has 0 bridgehead atoms. The number of ether oxygens (including phenoxy) is 2. The third-order valence-electron chi connectivity index (χ3n) is 3.03. The zero-order valence-corrected chi connectivity index (χ0v) is 10.9. The number of aliphatic hydroxyl groups excluding tert-OH is 1. The molecule has 5 nitrogen and oxygen atoms in total. The molecule has 1 rings (SSSR count). The summed E-state index contributed by atoms with van der Waals surface area (Å²) in [6.07, 6.45) is 7.75. The number of methoxy groups -OCH3 is 1. The van der Waals surface area contributed by atoms with Gasteiger partial charge in [0.15, 0.2) is 6.29 Å². The lowest BCUT2D eigenvalue weighted by Crippen LogP contribution is -2.34. The van der Waals surface area contributed by atoms with Gasteiger partial charge in [-0.05, 0) is 18.9 Å². The zero-order chi connectivity index (χ0) is 13.2. The highest BCUT2D eigenvalue weighted by molar-refractivity contribution is 5.81. The summed E-state index contributed by atoms with van der Waals surface area (Å²) in [7, 11) is 1.29. The van der Waals surface area contributed by atoms with Crippen LogP contribution in [0.2, 0.25) is 0 Å². The Balaban J connectivity index is 2.02. The van der Waals surface area contributed by atoms with E-state index < -0.39 is 12.3 Å². The van der Waals surface area contributed by atoms with E-state index in [4.69, 9.17) is 4.74 Å². The second-order valence-electron chi connectivity index (χ2n) is 4.43. The van der Waals surface area contributed by atoms with E-state index in [9.17, 15) is 9.90 Å². The van der Waals surface area contributed by atoms with Crippen molar-refractivity contribution in [1.29, 1.82) is 0 Å². The van der Waals surface area contributed by atoms with Crippen molar-refractivity contribution in [1.82, 2.24) is 5.32 Å². The lowest BCUT2D eigenvalue weighted by atomic mass is 9.96. The molecule has 0 heterocycles. The minimum atomic E-state index is -1.06. The number of esters is 1. The molecule has 1 unspecified atom stereocenters. The number of nitrogens with one attached hydrogen (secondary N) is 1. The second kappa shape index (κ2) is 9.08. The van der Waals surface area contributed by atoms with E-state index in [-0.39, 0.29) is 0 Å². The van der Waals surface area contributed by atoms with Crippen molar-refractivity contribution in [2.45, 2.75) is 44.4 Å². The van der Waals surface area contributed by atoms with Crippen LogP contribution in [-0.2, 0) is 14.3 Å². The van der Waals surface area contributed by atoms with Crippen LogP contribution in [0.15, 0.2) is 12.2 Å². The average Bonchev–Trinajstić information content (AvgIpc) is 2.42. The molecule has 1 aliphatic rings. The Labute approximate surface area is 108 Å². The van der Waals surface area contributed by atoms with Crippen LogP contribution in [0.25, 0.3) is 0 Å². The fraction of sp³-hybridized carbons (Fsp3) is 0.769. The number of rotatable bonds is 7. The maximum absolute atomic E-state index is 10.8. The van der Waals surface area contributed by atoms with Gasteiger partial charge in [-0.15, -0.1) is 0 Å². The summed E-state index contributed by atoms with van der Waals surface area (Å²) in [4.78, 5) is 10.8. The van der Waals surface area contributed by atoms with Crippen molar-refractivity contribution in [3.8, 4) is 0 Å². The van der Waals surface area contributed by atoms with Gasteiger partial charge in [-0.1, -0.05) is 19.3 Å². The molecule has 0 aromatic rings. The minimum absolute atomic E-state index is 0.420. The summed E-state index contributed by atoms with van der Waals surface area (Å²) in [6, 6.07) is 0.588. The summed E-state index contributed by atoms with van der Waals surface area (Å²) in [5.41, 5.74) is 0. The topological polar surface area (TPSA) is 67.8 Å². The maximum atomic E-state index is 10.8. The molecule has 0 aliphatic heterocycles. The first-order chi connectivity index (χ1) is 8.72. The normalized spacial score (nSPS) is 19.0. The van der Waals surface area contributed by atoms with Gasteiger partial charge in [0, 0.05) is 18.7 Å². The van der Waals surface area contributed by atoms with E-state index in [0.717, 1.165) is 6.08 Å². The first kappa shape index (κ1) is 15.1. The molecule has 0 saturated heterocycles. The van der Waals surface area contributed by atoms with E-state index in [1.807, 2.05) is 0 Å². The molecule has 1 saturated carbocycles. The first-order valence-corrected chi connectivity index (χ1v) is 6.51. The molecule has 1 aliphatic carbocycles. The smallest absolute Gasteiger partial charge is 0.330 e. The minimum Gasteiger partial charge on any atom is -0.466 e. The molecule has 5 heteroatoms. The third kappa shape index (κ3) is 6.74. The van der Waals surface area contributed by atoms with E-state index in [0.29, 0.717) is 19.2 Å². The highest BCUT2D eigenvalue weighted by Gasteiger charge is 2.12. The highest BCUT2D eigenvalue weighted by Crippen LogP contribution is 2.16. The van der Waals surface area contributed by atoms with Crippen LogP contribution in [0.5, 0.6) is 0 Å². The van der Waals surface area contributed by atoms with E-state index in [1.54, 1.807) is 0 Å². The largest absolute Gasteiger partial charge is 0.466 e. The fourth-order valence-electron chi connectivity index (χ4n) is 2.03. The number of hydrogen-bond donors (Lipinski definition) is 2. The lowest BCUT2D eigenvalue weighted by molar-refractivity contribution is -0.135. The van der Waals surface area contributed by atoms with E-state index in [2.05, 4.69) is 10.1 Å². The van der Waals surface area contributed by atoms with Crippen LogP contribution in [0.4, 0.5) is 0 Å². The summed E-state index contributed by atoms with van der Waals surface area (Å²) in [5, 5.41) is 12.8. The molecule has 104 valence electrons. The monoisotopic (exact) mass is 257 g/mol. The molecule has 2 N–H and O–H groups in total. The second-order valence-corrected chi connectivity index (χ2v) is 4.43. The number of aliphatic hydroxyl groups is 1. The molecule has 1 fully saturated rings. The lowest BCUT2D eigenvalue weighted by Gasteiger charge is -2.22. The average molecular weight is 257 g/mol. The van der Waals surface area contributed by atoms with Crippen LogP contribution in [0.1, 0.15) is 32.1 Å². The Morgan fingerprint density at radius 1 is 1.44 bits per heavy atom. The SMILES string of the molecule is COC(=O)/C=C/C(O)OCCNC1CCCCC1. The summed E-state index contributed by atoms with van der Waals surface area (Å²) >= 11 is 0. The molecular formula is C13H23NO4. The maximum Gasteiger partial charge on any atom is 0.330 e. The fourth-order valence-corrected chi connectivity index (χ4v) is 2.03. The predicted molar refractivity (Wildman–Crippen MR) is 68.0 cm³/mol. The van der Waals surface area contributed by atoms with Gasteiger partial charge in [-0.3, -0.25) is 0 Å². The number of hydrogen-bond acceptors (Lipinski definition) is 5. The molecule has 0 spiro atoms. The summed E-state index contributed by atoms with van der Waals surface area (Å²) < 4.78 is 9.53. The molecular weight excluding hydrogens is 234 g/mol. The standard InChI is InChI=1S/C13H23NO4/c1-17-12(15)7-8-13(16)18-10-9-14-11-5-3-2-4-6-11/h7-8,11,13-14,16H,2-6,9-10H2,1H3/b8-7+. The Kier molecular flexibility index (Phi) is 7.64. The molecule has 18 heavy (non-hydrogen) atoms. The van der Waals surface area contributed by atoms with Crippen LogP contribution in [0, 0.1) is 0 Å². The van der Waals surface area contributed by atoms with Crippen molar-refractivity contribution in [2.24, 2.45) is 0 Å². The Bertz CT molecular complexity index is 262. The molecule has 0 aromatic heterocycles.